The Bertz CT molecular complexity index is 929. The van der Waals surface area contributed by atoms with Crippen molar-refractivity contribution in [3.8, 4) is 0 Å². The van der Waals surface area contributed by atoms with Gasteiger partial charge in [-0.3, -0.25) is 0 Å². The van der Waals surface area contributed by atoms with Gasteiger partial charge in [0.2, 0.25) is 0 Å². The molecular formula is C40H66. The summed E-state index contributed by atoms with van der Waals surface area (Å²) >= 11 is 0. The Morgan fingerprint density at radius 1 is 0.300 bits per heavy atom. The molecule has 0 saturated heterocycles. The quantitative estimate of drug-likeness (QED) is 0.126. The third-order valence-electron chi connectivity index (χ3n) is 7.77. The van der Waals surface area contributed by atoms with E-state index in [1.807, 2.05) is 0 Å². The third-order valence-corrected chi connectivity index (χ3v) is 7.77. The van der Waals surface area contributed by atoms with E-state index in [2.05, 4.69) is 118 Å². The van der Waals surface area contributed by atoms with Gasteiger partial charge in [0, 0.05) is 0 Å². The molecule has 0 radical (unpaired) electrons. The largest absolute Gasteiger partial charge is 0.0887 e. The molecule has 0 heterocycles. The summed E-state index contributed by atoms with van der Waals surface area (Å²) in [5.41, 5.74) is 12.1. The molecule has 0 spiro atoms. The number of hydrogen-bond acceptors (Lipinski definition) is 0. The zero-order valence-electron chi connectivity index (χ0n) is 28.5. The van der Waals surface area contributed by atoms with E-state index in [4.69, 9.17) is 0 Å². The van der Waals surface area contributed by atoms with E-state index in [1.165, 1.54) is 134 Å². The molecule has 0 N–H and O–H groups in total. The molecule has 226 valence electrons. The lowest BCUT2D eigenvalue weighted by Crippen LogP contribution is -1.84. The molecule has 0 rings (SSSR count). The highest BCUT2D eigenvalue weighted by Gasteiger charge is 1.96. The fourth-order valence-corrected chi connectivity index (χ4v) is 4.62. The van der Waals surface area contributed by atoms with Crippen molar-refractivity contribution >= 4 is 0 Å². The molecule has 40 heavy (non-hydrogen) atoms. The first kappa shape index (κ1) is 37.9. The molecule has 0 aliphatic carbocycles. The minimum Gasteiger partial charge on any atom is -0.0887 e. The average molecular weight is 547 g/mol. The van der Waals surface area contributed by atoms with Crippen molar-refractivity contribution in [3.63, 3.8) is 0 Å². The van der Waals surface area contributed by atoms with Crippen LogP contribution < -0.4 is 0 Å². The molecular weight excluding hydrogens is 480 g/mol. The van der Waals surface area contributed by atoms with Crippen molar-refractivity contribution in [2.75, 3.05) is 0 Å². The van der Waals surface area contributed by atoms with Crippen LogP contribution in [-0.4, -0.2) is 0 Å². The highest BCUT2D eigenvalue weighted by Crippen LogP contribution is 2.17. The number of hydrogen-bond donors (Lipinski definition) is 0. The van der Waals surface area contributed by atoms with Gasteiger partial charge in [-0.15, -0.1) is 0 Å². The fourth-order valence-electron chi connectivity index (χ4n) is 4.62. The Hall–Kier alpha value is -2.08. The van der Waals surface area contributed by atoms with Crippen molar-refractivity contribution in [1.82, 2.24) is 0 Å². The lowest BCUT2D eigenvalue weighted by molar-refractivity contribution is 0.881. The third kappa shape index (κ3) is 24.9. The second-order valence-corrected chi connectivity index (χ2v) is 12.5. The molecule has 0 aromatic rings. The van der Waals surface area contributed by atoms with Gasteiger partial charge in [0.1, 0.15) is 0 Å². The summed E-state index contributed by atoms with van der Waals surface area (Å²) in [6, 6.07) is 0. The van der Waals surface area contributed by atoms with Crippen LogP contribution in [-0.2, 0) is 0 Å². The van der Waals surface area contributed by atoms with Gasteiger partial charge in [-0.2, -0.15) is 0 Å². The highest BCUT2D eigenvalue weighted by atomic mass is 14.0. The smallest absolute Gasteiger partial charge is 0.0288 e. The van der Waals surface area contributed by atoms with Crippen LogP contribution in [0.2, 0.25) is 0 Å². The van der Waals surface area contributed by atoms with Crippen molar-refractivity contribution in [3.05, 3.63) is 93.2 Å². The molecule has 0 saturated carbocycles. The zero-order chi connectivity index (χ0) is 30.2. The highest BCUT2D eigenvalue weighted by molar-refractivity contribution is 5.10. The Kier molecular flexibility index (Phi) is 23.4. The molecule has 0 nitrogen and oxygen atoms in total. The second kappa shape index (κ2) is 24.7. The van der Waals surface area contributed by atoms with Crippen LogP contribution in [0.25, 0.3) is 0 Å². The van der Waals surface area contributed by atoms with Gasteiger partial charge in [-0.05, 0) is 159 Å². The fraction of sp³-hybridized carbons (Fsp3) is 0.600. The standard InChI is InChI=1S/C40H66/c1-11-34(4)20-13-22-36(6)24-15-26-38(8)28-17-30-40(10)32-18-31-39(9)29-16-27-37(7)25-14-23-35(5)21-12-19-33(2)3/h11,19,22-23,26-27,30-31H,12-18,20-21,24-25,28-29,32H2,1-10H3/b34-11+,35-23+,36-22+,37-27+,38-26+,39-31+,40-30+. The Balaban J connectivity index is 4.17. The first-order valence-corrected chi connectivity index (χ1v) is 16.2. The van der Waals surface area contributed by atoms with Gasteiger partial charge in [-0.1, -0.05) is 93.2 Å². The summed E-state index contributed by atoms with van der Waals surface area (Å²) < 4.78 is 0. The molecule has 0 atom stereocenters. The van der Waals surface area contributed by atoms with Crippen LogP contribution in [0.1, 0.15) is 159 Å². The first-order chi connectivity index (χ1) is 19.0. The van der Waals surface area contributed by atoms with Crippen LogP contribution in [0.5, 0.6) is 0 Å². The van der Waals surface area contributed by atoms with E-state index in [1.54, 1.807) is 0 Å². The Morgan fingerprint density at radius 3 is 0.700 bits per heavy atom. The van der Waals surface area contributed by atoms with Gasteiger partial charge in [0.15, 0.2) is 0 Å². The van der Waals surface area contributed by atoms with E-state index >= 15 is 0 Å². The molecule has 0 fully saturated rings. The van der Waals surface area contributed by atoms with E-state index in [9.17, 15) is 0 Å². The van der Waals surface area contributed by atoms with Gasteiger partial charge in [0.25, 0.3) is 0 Å². The van der Waals surface area contributed by atoms with E-state index in [0.29, 0.717) is 0 Å². The minimum atomic E-state index is 1.17. The molecule has 0 heteroatoms. The van der Waals surface area contributed by atoms with Crippen LogP contribution in [0.4, 0.5) is 0 Å². The van der Waals surface area contributed by atoms with Crippen LogP contribution in [0.15, 0.2) is 93.2 Å². The summed E-state index contributed by atoms with van der Waals surface area (Å²) in [4.78, 5) is 0. The maximum absolute atomic E-state index is 2.46. The summed E-state index contributed by atoms with van der Waals surface area (Å²) in [6.45, 7) is 22.5. The molecule has 0 aliphatic rings. The predicted octanol–water partition coefficient (Wildman–Crippen LogP) is 14.1. The van der Waals surface area contributed by atoms with Gasteiger partial charge < -0.3 is 0 Å². The monoisotopic (exact) mass is 547 g/mol. The van der Waals surface area contributed by atoms with Crippen LogP contribution in [0.3, 0.4) is 0 Å². The number of allylic oxidation sites excluding steroid dienone is 16. The van der Waals surface area contributed by atoms with Gasteiger partial charge in [-0.25, -0.2) is 0 Å². The minimum absolute atomic E-state index is 1.17. The second-order valence-electron chi connectivity index (χ2n) is 12.5. The summed E-state index contributed by atoms with van der Waals surface area (Å²) in [5, 5.41) is 0. The maximum atomic E-state index is 2.46. The van der Waals surface area contributed by atoms with Crippen LogP contribution in [0, 0.1) is 0 Å². The first-order valence-electron chi connectivity index (χ1n) is 16.2. The lowest BCUT2D eigenvalue weighted by Gasteiger charge is -2.04. The van der Waals surface area contributed by atoms with E-state index in [0.717, 1.165) is 0 Å². The van der Waals surface area contributed by atoms with Gasteiger partial charge >= 0.3 is 0 Å². The van der Waals surface area contributed by atoms with Crippen molar-refractivity contribution < 1.29 is 0 Å². The maximum Gasteiger partial charge on any atom is -0.0288 e. The van der Waals surface area contributed by atoms with E-state index < -0.39 is 0 Å². The molecule has 0 unspecified atom stereocenters. The van der Waals surface area contributed by atoms with Crippen molar-refractivity contribution in [1.29, 1.82) is 0 Å². The Morgan fingerprint density at radius 2 is 0.500 bits per heavy atom. The Labute approximate surface area is 251 Å². The SMILES string of the molecule is C/C=C(\C)CC/C=C(\C)CC/C=C(\C)CC/C=C(\C)CC/C=C(\C)CC/C=C(\C)CC/C=C(\C)CCC=C(C)C. The van der Waals surface area contributed by atoms with Crippen LogP contribution >= 0.6 is 0 Å². The summed E-state index contributed by atoms with van der Waals surface area (Å²) in [7, 11) is 0. The lowest BCUT2D eigenvalue weighted by atomic mass is 10.0. The predicted molar refractivity (Wildman–Crippen MR) is 186 cm³/mol. The molecule has 0 amide bonds. The van der Waals surface area contributed by atoms with Crippen molar-refractivity contribution in [2.24, 2.45) is 0 Å². The molecule has 0 aromatic heterocycles. The van der Waals surface area contributed by atoms with Crippen molar-refractivity contribution in [2.45, 2.75) is 159 Å². The van der Waals surface area contributed by atoms with E-state index in [-0.39, 0.29) is 0 Å². The molecule has 0 bridgehead atoms. The normalized spacial score (nSPS) is 14.7. The number of rotatable bonds is 21. The zero-order valence-corrected chi connectivity index (χ0v) is 28.5. The molecule has 0 aliphatic heterocycles. The summed E-state index contributed by atoms with van der Waals surface area (Å²) in [6.07, 6.45) is 35.8. The average Bonchev–Trinajstić information content (AvgIpc) is 2.88. The summed E-state index contributed by atoms with van der Waals surface area (Å²) in [5.74, 6) is 0. The van der Waals surface area contributed by atoms with Gasteiger partial charge in [0.05, 0.1) is 0 Å². The topological polar surface area (TPSA) is 0 Å². The molecule has 0 aromatic carbocycles.